The van der Waals surface area contributed by atoms with E-state index >= 15 is 0 Å². The third kappa shape index (κ3) is 5.06. The zero-order valence-corrected chi connectivity index (χ0v) is 12.4. The van der Waals surface area contributed by atoms with Crippen LogP contribution in [-0.2, 0) is 9.59 Å². The Balaban J connectivity index is 1.75. The normalized spacial score (nSPS) is 14.2. The van der Waals surface area contributed by atoms with Gasteiger partial charge in [0.1, 0.15) is 0 Å². The number of carbonyl (C=O) groups is 2. The van der Waals surface area contributed by atoms with Gasteiger partial charge in [-0.25, -0.2) is 0 Å². The molecule has 0 radical (unpaired) electrons. The van der Waals surface area contributed by atoms with Gasteiger partial charge in [0.05, 0.1) is 0 Å². The van der Waals surface area contributed by atoms with Crippen molar-refractivity contribution in [1.29, 1.82) is 0 Å². The van der Waals surface area contributed by atoms with Crippen LogP contribution in [0.1, 0.15) is 37.7 Å². The molecule has 2 rings (SSSR count). The molecule has 0 bridgehead atoms. The van der Waals surface area contributed by atoms with Crippen molar-refractivity contribution in [1.82, 2.24) is 5.32 Å². The van der Waals surface area contributed by atoms with E-state index in [1.54, 1.807) is 6.07 Å². The summed E-state index contributed by atoms with van der Waals surface area (Å²) in [5.41, 5.74) is 3.07. The number of anilines is 1. The first-order valence-corrected chi connectivity index (χ1v) is 7.49. The summed E-state index contributed by atoms with van der Waals surface area (Å²) in [6.45, 7) is 2.46. The van der Waals surface area contributed by atoms with Crippen LogP contribution in [-0.4, -0.2) is 18.4 Å². The predicted molar refractivity (Wildman–Crippen MR) is 84.0 cm³/mol. The second-order valence-corrected chi connectivity index (χ2v) is 5.44. The molecule has 0 heterocycles. The molecule has 0 atom stereocenters. The van der Waals surface area contributed by atoms with E-state index in [0.29, 0.717) is 12.2 Å². The molecule has 0 saturated heterocycles. The summed E-state index contributed by atoms with van der Waals surface area (Å²) in [5.74, 6) is -1.19. The Morgan fingerprint density at radius 2 is 2.05 bits per heavy atom. The average Bonchev–Trinajstić information content (AvgIpc) is 2.48. The largest absolute Gasteiger partial charge is 0.348 e. The fraction of sp³-hybridized carbons (Fsp3) is 0.412. The SMILES string of the molecule is Cc1cccc(NC(=O)C(=O)NCCC2=CCCCC2)c1. The van der Waals surface area contributed by atoms with Gasteiger partial charge in [0, 0.05) is 12.2 Å². The lowest BCUT2D eigenvalue weighted by molar-refractivity contribution is -0.136. The molecule has 0 saturated carbocycles. The maximum atomic E-state index is 11.8. The standard InChI is InChI=1S/C17H22N2O2/c1-13-6-5-9-15(12-13)19-17(21)16(20)18-11-10-14-7-3-2-4-8-14/h5-7,9,12H,2-4,8,10-11H2,1H3,(H,18,20)(H,19,21). The molecule has 0 aromatic heterocycles. The molecule has 1 aliphatic rings. The Kier molecular flexibility index (Phi) is 5.55. The van der Waals surface area contributed by atoms with Gasteiger partial charge in [-0.05, 0) is 56.7 Å². The maximum absolute atomic E-state index is 11.8. The van der Waals surface area contributed by atoms with Crippen LogP contribution >= 0.6 is 0 Å². The lowest BCUT2D eigenvalue weighted by Gasteiger charge is -2.12. The van der Waals surface area contributed by atoms with E-state index < -0.39 is 11.8 Å². The molecule has 2 N–H and O–H groups in total. The molecule has 0 fully saturated rings. The van der Waals surface area contributed by atoms with Crippen LogP contribution in [0.4, 0.5) is 5.69 Å². The van der Waals surface area contributed by atoms with Crippen molar-refractivity contribution in [3.8, 4) is 0 Å². The summed E-state index contributed by atoms with van der Waals surface area (Å²) >= 11 is 0. The molecular formula is C17H22N2O2. The fourth-order valence-electron chi connectivity index (χ4n) is 2.46. The molecule has 1 aromatic carbocycles. The zero-order valence-electron chi connectivity index (χ0n) is 12.4. The Morgan fingerprint density at radius 3 is 2.76 bits per heavy atom. The summed E-state index contributed by atoms with van der Waals surface area (Å²) in [4.78, 5) is 23.5. The lowest BCUT2D eigenvalue weighted by Crippen LogP contribution is -2.36. The molecule has 4 heteroatoms. The quantitative estimate of drug-likeness (QED) is 0.660. The molecule has 1 aromatic rings. The van der Waals surface area contributed by atoms with E-state index in [2.05, 4.69) is 16.7 Å². The number of hydrogen-bond acceptors (Lipinski definition) is 2. The van der Waals surface area contributed by atoms with E-state index in [4.69, 9.17) is 0 Å². The highest BCUT2D eigenvalue weighted by Crippen LogP contribution is 2.19. The van der Waals surface area contributed by atoms with Gasteiger partial charge >= 0.3 is 11.8 Å². The minimum Gasteiger partial charge on any atom is -0.348 e. The second-order valence-electron chi connectivity index (χ2n) is 5.44. The predicted octanol–water partition coefficient (Wildman–Crippen LogP) is 2.94. The van der Waals surface area contributed by atoms with Crippen LogP contribution < -0.4 is 10.6 Å². The number of aryl methyl sites for hydroxylation is 1. The molecule has 112 valence electrons. The molecule has 4 nitrogen and oxygen atoms in total. The number of allylic oxidation sites excluding steroid dienone is 1. The number of amides is 2. The van der Waals surface area contributed by atoms with Crippen LogP contribution in [0.15, 0.2) is 35.9 Å². The van der Waals surface area contributed by atoms with Gasteiger partial charge in [0.25, 0.3) is 0 Å². The van der Waals surface area contributed by atoms with Gasteiger partial charge in [-0.15, -0.1) is 0 Å². The Bertz CT molecular complexity index is 549. The highest BCUT2D eigenvalue weighted by Gasteiger charge is 2.13. The molecule has 1 aliphatic carbocycles. The maximum Gasteiger partial charge on any atom is 0.313 e. The van der Waals surface area contributed by atoms with E-state index in [1.165, 1.54) is 18.4 Å². The van der Waals surface area contributed by atoms with Crippen molar-refractivity contribution in [2.24, 2.45) is 0 Å². The first-order valence-electron chi connectivity index (χ1n) is 7.49. The summed E-state index contributed by atoms with van der Waals surface area (Å²) in [7, 11) is 0. The minimum absolute atomic E-state index is 0.520. The fourth-order valence-corrected chi connectivity index (χ4v) is 2.46. The number of benzene rings is 1. The van der Waals surface area contributed by atoms with E-state index in [1.807, 2.05) is 25.1 Å². The number of nitrogens with one attached hydrogen (secondary N) is 2. The van der Waals surface area contributed by atoms with E-state index in [9.17, 15) is 9.59 Å². The van der Waals surface area contributed by atoms with Crippen molar-refractivity contribution in [2.45, 2.75) is 39.0 Å². The van der Waals surface area contributed by atoms with Crippen molar-refractivity contribution in [3.63, 3.8) is 0 Å². The van der Waals surface area contributed by atoms with Gasteiger partial charge in [0.15, 0.2) is 0 Å². The van der Waals surface area contributed by atoms with E-state index in [-0.39, 0.29) is 0 Å². The summed E-state index contributed by atoms with van der Waals surface area (Å²) < 4.78 is 0. The first kappa shape index (κ1) is 15.3. The number of hydrogen-bond donors (Lipinski definition) is 2. The summed E-state index contributed by atoms with van der Waals surface area (Å²) in [6, 6.07) is 7.38. The highest BCUT2D eigenvalue weighted by molar-refractivity contribution is 6.39. The lowest BCUT2D eigenvalue weighted by atomic mass is 9.97. The smallest absolute Gasteiger partial charge is 0.313 e. The third-order valence-corrected chi connectivity index (χ3v) is 3.60. The monoisotopic (exact) mass is 286 g/mol. The molecular weight excluding hydrogens is 264 g/mol. The number of carbonyl (C=O) groups excluding carboxylic acids is 2. The third-order valence-electron chi connectivity index (χ3n) is 3.60. The van der Waals surface area contributed by atoms with Crippen LogP contribution in [0.5, 0.6) is 0 Å². The summed E-state index contributed by atoms with van der Waals surface area (Å²) in [6.07, 6.45) is 7.83. The molecule has 0 unspecified atom stereocenters. The van der Waals surface area contributed by atoms with Crippen LogP contribution in [0, 0.1) is 6.92 Å². The van der Waals surface area contributed by atoms with Gasteiger partial charge in [-0.1, -0.05) is 23.8 Å². The van der Waals surface area contributed by atoms with Crippen LogP contribution in [0.3, 0.4) is 0 Å². The Labute approximate surface area is 125 Å². The topological polar surface area (TPSA) is 58.2 Å². The van der Waals surface area contributed by atoms with Gasteiger partial charge in [-0.2, -0.15) is 0 Å². The van der Waals surface area contributed by atoms with E-state index in [0.717, 1.165) is 24.8 Å². The molecule has 21 heavy (non-hydrogen) atoms. The number of rotatable bonds is 4. The minimum atomic E-state index is -0.613. The van der Waals surface area contributed by atoms with Crippen molar-refractivity contribution in [3.05, 3.63) is 41.5 Å². The van der Waals surface area contributed by atoms with Crippen molar-refractivity contribution in [2.75, 3.05) is 11.9 Å². The highest BCUT2D eigenvalue weighted by atomic mass is 16.2. The van der Waals surface area contributed by atoms with Crippen molar-refractivity contribution < 1.29 is 9.59 Å². The van der Waals surface area contributed by atoms with Gasteiger partial charge in [-0.3, -0.25) is 9.59 Å². The first-order chi connectivity index (χ1) is 10.1. The Hall–Kier alpha value is -2.10. The zero-order chi connectivity index (χ0) is 15.1. The van der Waals surface area contributed by atoms with Gasteiger partial charge < -0.3 is 10.6 Å². The molecule has 0 spiro atoms. The average molecular weight is 286 g/mol. The van der Waals surface area contributed by atoms with Crippen LogP contribution in [0.25, 0.3) is 0 Å². The Morgan fingerprint density at radius 1 is 1.19 bits per heavy atom. The molecule has 2 amide bonds. The molecule has 0 aliphatic heterocycles. The second kappa shape index (κ2) is 7.62. The van der Waals surface area contributed by atoms with Crippen LogP contribution in [0.2, 0.25) is 0 Å². The van der Waals surface area contributed by atoms with Gasteiger partial charge in [0.2, 0.25) is 0 Å². The van der Waals surface area contributed by atoms with Crippen molar-refractivity contribution >= 4 is 17.5 Å². The summed E-state index contributed by atoms with van der Waals surface area (Å²) in [5, 5.41) is 5.28.